The average Bonchev–Trinajstić information content (AvgIpc) is 2.48. The molecule has 1 aromatic rings. The van der Waals surface area contributed by atoms with Gasteiger partial charge in [-0.15, -0.1) is 0 Å². The van der Waals surface area contributed by atoms with E-state index in [1.54, 1.807) is 4.90 Å². The van der Waals surface area contributed by atoms with E-state index in [1.165, 1.54) is 18.2 Å². The van der Waals surface area contributed by atoms with Gasteiger partial charge in [-0.05, 0) is 12.1 Å². The number of aromatic hydroxyl groups is 1. The first kappa shape index (κ1) is 18.5. The lowest BCUT2D eigenvalue weighted by atomic mass is 10.1. The minimum absolute atomic E-state index is 0.0196. The molecule has 2 aliphatic rings. The fourth-order valence-corrected chi connectivity index (χ4v) is 3.34. The van der Waals surface area contributed by atoms with E-state index >= 15 is 0 Å². The molecule has 2 aliphatic heterocycles. The van der Waals surface area contributed by atoms with Crippen molar-refractivity contribution in [1.82, 2.24) is 4.90 Å². The number of rotatable bonds is 5. The molecule has 0 spiro atoms. The van der Waals surface area contributed by atoms with Gasteiger partial charge in [0.25, 0.3) is 0 Å². The van der Waals surface area contributed by atoms with Gasteiger partial charge >= 0.3 is 5.97 Å². The number of phenols is 1. The Balaban J connectivity index is 1.51. The molecule has 2 heterocycles. The van der Waals surface area contributed by atoms with Crippen LogP contribution in [-0.4, -0.2) is 90.6 Å². The number of quaternary nitrogens is 1. The number of aromatic carboxylic acids is 1. The third kappa shape index (κ3) is 4.08. The largest absolute Gasteiger partial charge is 0.507 e. The lowest BCUT2D eigenvalue weighted by Crippen LogP contribution is -2.58. The molecule has 142 valence electrons. The van der Waals surface area contributed by atoms with Gasteiger partial charge in [0.2, 0.25) is 5.91 Å². The van der Waals surface area contributed by atoms with Gasteiger partial charge in [0.1, 0.15) is 42.4 Å². The van der Waals surface area contributed by atoms with Crippen LogP contribution in [-0.2, 0) is 9.53 Å². The van der Waals surface area contributed by atoms with E-state index in [2.05, 4.69) is 14.1 Å². The Labute approximate surface area is 152 Å². The smallest absolute Gasteiger partial charge is 0.343 e. The van der Waals surface area contributed by atoms with Gasteiger partial charge in [-0.25, -0.2) is 4.79 Å². The van der Waals surface area contributed by atoms with Crippen molar-refractivity contribution in [2.75, 3.05) is 46.9 Å². The Morgan fingerprint density at radius 1 is 1.35 bits per heavy atom. The number of carboxylic acid groups (broad SMARTS) is 1. The number of amides is 1. The summed E-state index contributed by atoms with van der Waals surface area (Å²) < 4.78 is 12.2. The molecule has 2 saturated heterocycles. The number of ether oxygens (including phenoxy) is 2. The van der Waals surface area contributed by atoms with Crippen molar-refractivity contribution >= 4 is 11.9 Å². The molecule has 0 aliphatic carbocycles. The molecule has 8 nitrogen and oxygen atoms in total. The zero-order valence-corrected chi connectivity index (χ0v) is 15.1. The molecule has 0 aromatic heterocycles. The summed E-state index contributed by atoms with van der Waals surface area (Å²) in [6.45, 7) is 3.22. The Kier molecular flexibility index (Phi) is 5.06. The van der Waals surface area contributed by atoms with E-state index in [9.17, 15) is 19.8 Å². The van der Waals surface area contributed by atoms with Gasteiger partial charge in [0, 0.05) is 0 Å². The Bertz CT molecular complexity index is 699. The second-order valence-electron chi connectivity index (χ2n) is 7.53. The van der Waals surface area contributed by atoms with Gasteiger partial charge in [0.15, 0.2) is 0 Å². The molecule has 26 heavy (non-hydrogen) atoms. The van der Waals surface area contributed by atoms with E-state index in [1.807, 2.05) is 0 Å². The number of carbonyl (C=O) groups is 2. The van der Waals surface area contributed by atoms with Gasteiger partial charge in [-0.3, -0.25) is 4.79 Å². The summed E-state index contributed by atoms with van der Waals surface area (Å²) in [5.74, 6) is -1.45. The minimum atomic E-state index is -1.25. The summed E-state index contributed by atoms with van der Waals surface area (Å²) in [7, 11) is 4.26. The molecule has 0 saturated carbocycles. The second kappa shape index (κ2) is 7.13. The number of morpholine rings is 1. The van der Waals surface area contributed by atoms with Crippen molar-refractivity contribution in [3.05, 3.63) is 23.8 Å². The summed E-state index contributed by atoms with van der Waals surface area (Å²) >= 11 is 0. The van der Waals surface area contributed by atoms with E-state index in [-0.39, 0.29) is 35.2 Å². The Morgan fingerprint density at radius 2 is 2.08 bits per heavy atom. The van der Waals surface area contributed by atoms with E-state index in [0.717, 1.165) is 17.6 Å². The highest BCUT2D eigenvalue weighted by molar-refractivity contribution is 5.94. The van der Waals surface area contributed by atoms with Crippen LogP contribution in [0, 0.1) is 0 Å². The van der Waals surface area contributed by atoms with Crippen LogP contribution in [0.15, 0.2) is 18.2 Å². The van der Waals surface area contributed by atoms with Crippen LogP contribution in [0.25, 0.3) is 0 Å². The maximum Gasteiger partial charge on any atom is 0.343 e. The molecule has 0 unspecified atom stereocenters. The van der Waals surface area contributed by atoms with Crippen LogP contribution in [0.1, 0.15) is 16.8 Å². The Morgan fingerprint density at radius 3 is 2.73 bits per heavy atom. The quantitative estimate of drug-likeness (QED) is 0.740. The summed E-state index contributed by atoms with van der Waals surface area (Å²) in [4.78, 5) is 25.3. The molecule has 8 heteroatoms. The number of nitrogens with zero attached hydrogens (tertiary/aromatic N) is 2. The normalized spacial score (nSPS) is 22.5. The first-order valence-electron chi connectivity index (χ1n) is 8.68. The lowest BCUT2D eigenvalue weighted by molar-refractivity contribution is -0.901. The van der Waals surface area contributed by atoms with Crippen molar-refractivity contribution < 1.29 is 33.8 Å². The van der Waals surface area contributed by atoms with Gasteiger partial charge in [-0.1, -0.05) is 6.07 Å². The summed E-state index contributed by atoms with van der Waals surface area (Å²) in [6.07, 6.45) is -0.00443. The van der Waals surface area contributed by atoms with Crippen molar-refractivity contribution in [2.24, 2.45) is 0 Å². The van der Waals surface area contributed by atoms with E-state index in [0.29, 0.717) is 26.1 Å². The lowest BCUT2D eigenvalue weighted by Gasteiger charge is -2.41. The van der Waals surface area contributed by atoms with Crippen LogP contribution >= 0.6 is 0 Å². The molecule has 0 bridgehead atoms. The van der Waals surface area contributed by atoms with Crippen molar-refractivity contribution in [1.29, 1.82) is 0 Å². The molecular formula is C18H25N2O6+. The number of benzene rings is 1. The number of carboxylic acids is 1. The van der Waals surface area contributed by atoms with Gasteiger partial charge in [-0.2, -0.15) is 0 Å². The van der Waals surface area contributed by atoms with Gasteiger partial charge in [0.05, 0.1) is 40.2 Å². The number of carbonyl (C=O) groups excluding carboxylic acids is 1. The summed E-state index contributed by atoms with van der Waals surface area (Å²) in [5, 5.41) is 18.9. The standard InChI is InChI=1S/C18H24N2O6/c1-20(2)6-7-25-12(11-20)8-16(22)19-9-13(10-19)26-15-5-3-4-14(21)17(15)18(23)24/h3-5,12-13H,6-11H2,1-2H3,(H-,21,23,24)/p+1/t12-/m0/s1. The SMILES string of the molecule is C[N+]1(C)CCO[C@@H](CC(=O)N2CC(Oc3cccc(O)c3C(=O)O)C2)C1. The van der Waals surface area contributed by atoms with Crippen molar-refractivity contribution in [2.45, 2.75) is 18.6 Å². The number of likely N-dealkylation sites (N-methyl/N-ethyl adjacent to an activating group) is 1. The van der Waals surface area contributed by atoms with Gasteiger partial charge < -0.3 is 29.1 Å². The molecule has 3 rings (SSSR count). The van der Waals surface area contributed by atoms with Crippen molar-refractivity contribution in [3.63, 3.8) is 0 Å². The average molecular weight is 365 g/mol. The maximum absolute atomic E-state index is 12.4. The van der Waals surface area contributed by atoms with E-state index < -0.39 is 5.97 Å². The highest BCUT2D eigenvalue weighted by Crippen LogP contribution is 2.29. The maximum atomic E-state index is 12.4. The minimum Gasteiger partial charge on any atom is -0.507 e. The first-order valence-corrected chi connectivity index (χ1v) is 8.68. The zero-order chi connectivity index (χ0) is 18.9. The number of hydrogen-bond donors (Lipinski definition) is 2. The molecule has 0 radical (unpaired) electrons. The number of likely N-dealkylation sites (tertiary alicyclic amines) is 1. The van der Waals surface area contributed by atoms with Crippen LogP contribution in [0.3, 0.4) is 0 Å². The van der Waals surface area contributed by atoms with E-state index in [4.69, 9.17) is 9.47 Å². The van der Waals surface area contributed by atoms with Crippen LogP contribution < -0.4 is 4.74 Å². The second-order valence-corrected chi connectivity index (χ2v) is 7.53. The zero-order valence-electron chi connectivity index (χ0n) is 15.1. The Hall–Kier alpha value is -2.32. The molecule has 1 aromatic carbocycles. The first-order chi connectivity index (χ1) is 12.2. The molecule has 1 amide bonds. The molecular weight excluding hydrogens is 340 g/mol. The summed E-state index contributed by atoms with van der Waals surface area (Å²) in [6, 6.07) is 4.33. The third-order valence-electron chi connectivity index (χ3n) is 4.86. The highest BCUT2D eigenvalue weighted by Gasteiger charge is 2.36. The topological polar surface area (TPSA) is 96.3 Å². The molecule has 1 atom stereocenters. The highest BCUT2D eigenvalue weighted by atomic mass is 16.5. The van der Waals surface area contributed by atoms with Crippen LogP contribution in [0.4, 0.5) is 0 Å². The van der Waals surface area contributed by atoms with Crippen LogP contribution in [0.5, 0.6) is 11.5 Å². The van der Waals surface area contributed by atoms with Crippen LogP contribution in [0.2, 0.25) is 0 Å². The van der Waals surface area contributed by atoms with Crippen molar-refractivity contribution in [3.8, 4) is 11.5 Å². The summed E-state index contributed by atoms with van der Waals surface area (Å²) in [5.41, 5.74) is -0.257. The fourth-order valence-electron chi connectivity index (χ4n) is 3.34. The predicted molar refractivity (Wildman–Crippen MR) is 92.3 cm³/mol. The monoisotopic (exact) mass is 365 g/mol. The molecule has 2 N–H and O–H groups in total. The predicted octanol–water partition coefficient (Wildman–Crippen LogP) is 0.545. The third-order valence-corrected chi connectivity index (χ3v) is 4.86. The fraction of sp³-hybridized carbons (Fsp3) is 0.556. The molecule has 2 fully saturated rings. The number of hydrogen-bond acceptors (Lipinski definition) is 5.